The number of nitrogens with two attached hydrogens (primary N) is 1. The summed E-state index contributed by atoms with van der Waals surface area (Å²) in [6, 6.07) is 1.77. The maximum atomic E-state index is 10.3. The molecular formula is C18H31NO. The molecule has 0 aliphatic carbocycles. The Kier molecular flexibility index (Phi) is 7.50. The predicted molar refractivity (Wildman–Crippen MR) is 88.4 cm³/mol. The van der Waals surface area contributed by atoms with Crippen LogP contribution < -0.4 is 5.73 Å². The molecule has 20 heavy (non-hydrogen) atoms. The first kappa shape index (κ1) is 16.9. The number of nitrogen functional groups attached to an aromatic ring is 1. The van der Waals surface area contributed by atoms with Crippen molar-refractivity contribution in [2.75, 3.05) is 5.73 Å². The Labute approximate surface area is 124 Å². The van der Waals surface area contributed by atoms with Gasteiger partial charge in [0.05, 0.1) is 0 Å². The molecule has 0 amide bonds. The number of aromatic hydroxyl groups is 1. The summed E-state index contributed by atoms with van der Waals surface area (Å²) in [6.07, 6.45) is 10.0. The second-order valence-corrected chi connectivity index (χ2v) is 5.73. The van der Waals surface area contributed by atoms with Crippen LogP contribution in [0.5, 0.6) is 5.75 Å². The van der Waals surface area contributed by atoms with Crippen LogP contribution in [0.3, 0.4) is 0 Å². The van der Waals surface area contributed by atoms with Crippen LogP contribution in [-0.2, 0) is 19.3 Å². The van der Waals surface area contributed by atoms with E-state index in [4.69, 9.17) is 5.73 Å². The molecule has 0 heterocycles. The zero-order valence-corrected chi connectivity index (χ0v) is 13.5. The molecule has 0 aliphatic rings. The topological polar surface area (TPSA) is 46.2 Å². The summed E-state index contributed by atoms with van der Waals surface area (Å²) in [5.74, 6) is 0.405. The van der Waals surface area contributed by atoms with Crippen molar-refractivity contribution in [2.24, 2.45) is 0 Å². The van der Waals surface area contributed by atoms with Gasteiger partial charge in [-0.2, -0.15) is 0 Å². The lowest BCUT2D eigenvalue weighted by Crippen LogP contribution is -2.06. The van der Waals surface area contributed by atoms with Gasteiger partial charge in [-0.25, -0.2) is 0 Å². The third-order valence-electron chi connectivity index (χ3n) is 4.02. The van der Waals surface area contributed by atoms with E-state index in [9.17, 15) is 5.11 Å². The smallest absolute Gasteiger partial charge is 0.121 e. The van der Waals surface area contributed by atoms with E-state index in [1.54, 1.807) is 6.07 Å². The largest absolute Gasteiger partial charge is 0.508 e. The van der Waals surface area contributed by atoms with E-state index in [1.165, 1.54) is 36.8 Å². The quantitative estimate of drug-likeness (QED) is 0.624. The molecule has 0 saturated carbocycles. The van der Waals surface area contributed by atoms with E-state index in [1.807, 2.05) is 0 Å². The maximum absolute atomic E-state index is 10.3. The monoisotopic (exact) mass is 277 g/mol. The molecule has 0 aromatic heterocycles. The molecule has 0 aliphatic heterocycles. The molecule has 0 spiro atoms. The number of anilines is 1. The highest BCUT2D eigenvalue weighted by molar-refractivity contribution is 5.60. The summed E-state index contributed by atoms with van der Waals surface area (Å²) in [5, 5.41) is 10.3. The minimum atomic E-state index is 0.405. The van der Waals surface area contributed by atoms with Crippen LogP contribution in [0.2, 0.25) is 0 Å². The lowest BCUT2D eigenvalue weighted by molar-refractivity contribution is 0.465. The fraction of sp³-hybridized carbons (Fsp3) is 0.667. The second kappa shape index (κ2) is 8.89. The molecule has 2 heteroatoms. The van der Waals surface area contributed by atoms with Crippen molar-refractivity contribution in [3.63, 3.8) is 0 Å². The van der Waals surface area contributed by atoms with Gasteiger partial charge in [-0.05, 0) is 55.2 Å². The molecular weight excluding hydrogens is 246 g/mol. The van der Waals surface area contributed by atoms with Gasteiger partial charge in [-0.15, -0.1) is 0 Å². The van der Waals surface area contributed by atoms with Crippen LogP contribution in [0.25, 0.3) is 0 Å². The van der Waals surface area contributed by atoms with Gasteiger partial charge in [0.1, 0.15) is 5.75 Å². The minimum absolute atomic E-state index is 0.405. The van der Waals surface area contributed by atoms with Crippen LogP contribution in [0.15, 0.2) is 6.07 Å². The van der Waals surface area contributed by atoms with E-state index >= 15 is 0 Å². The molecule has 3 N–H and O–H groups in total. The molecule has 0 fully saturated rings. The minimum Gasteiger partial charge on any atom is -0.508 e. The van der Waals surface area contributed by atoms with E-state index in [0.29, 0.717) is 5.75 Å². The summed E-state index contributed by atoms with van der Waals surface area (Å²) in [4.78, 5) is 0. The van der Waals surface area contributed by atoms with Gasteiger partial charge in [0.25, 0.3) is 0 Å². The first-order valence-electron chi connectivity index (χ1n) is 8.27. The Bertz CT molecular complexity index is 380. The molecule has 1 rings (SSSR count). The number of rotatable bonds is 9. The molecule has 0 saturated heterocycles. The molecule has 0 atom stereocenters. The van der Waals surface area contributed by atoms with E-state index < -0.39 is 0 Å². The Morgan fingerprint density at radius 3 is 1.75 bits per heavy atom. The third kappa shape index (κ3) is 4.43. The van der Waals surface area contributed by atoms with Crippen molar-refractivity contribution >= 4 is 5.69 Å². The average Bonchev–Trinajstić information content (AvgIpc) is 2.43. The Morgan fingerprint density at radius 1 is 0.800 bits per heavy atom. The Hall–Kier alpha value is -1.18. The Morgan fingerprint density at radius 2 is 1.25 bits per heavy atom. The highest BCUT2D eigenvalue weighted by atomic mass is 16.3. The van der Waals surface area contributed by atoms with Crippen molar-refractivity contribution in [3.05, 3.63) is 22.8 Å². The summed E-state index contributed by atoms with van der Waals surface area (Å²) in [5.41, 5.74) is 10.7. The second-order valence-electron chi connectivity index (χ2n) is 5.73. The summed E-state index contributed by atoms with van der Waals surface area (Å²) < 4.78 is 0. The molecule has 2 nitrogen and oxygen atoms in total. The molecule has 114 valence electrons. The Balaban J connectivity index is 3.16. The van der Waals surface area contributed by atoms with E-state index in [-0.39, 0.29) is 0 Å². The zero-order valence-electron chi connectivity index (χ0n) is 13.5. The maximum Gasteiger partial charge on any atom is 0.121 e. The average molecular weight is 277 g/mol. The summed E-state index contributed by atoms with van der Waals surface area (Å²) >= 11 is 0. The molecule has 0 unspecified atom stereocenters. The van der Waals surface area contributed by atoms with Crippen molar-refractivity contribution in [2.45, 2.75) is 78.6 Å². The number of phenolic OH excluding ortho intramolecular Hbond substituents is 1. The van der Waals surface area contributed by atoms with Crippen molar-refractivity contribution in [3.8, 4) is 5.75 Å². The highest BCUT2D eigenvalue weighted by Crippen LogP contribution is 2.33. The zero-order chi connectivity index (χ0) is 15.0. The van der Waals surface area contributed by atoms with E-state index in [0.717, 1.165) is 43.4 Å². The standard InChI is InChI=1S/C18H31NO/c1-4-7-10-14-15(11-8-5-2)17(19)13-18(20)16(14)12-9-6-3/h13,20H,4-12,19H2,1-3H3. The van der Waals surface area contributed by atoms with Gasteiger partial charge in [0.15, 0.2) is 0 Å². The SMILES string of the molecule is CCCCc1c(N)cc(O)c(CCCC)c1CCCC. The number of hydrogen-bond donors (Lipinski definition) is 2. The van der Waals surface area contributed by atoms with Crippen LogP contribution in [0, 0.1) is 0 Å². The fourth-order valence-corrected chi connectivity index (χ4v) is 2.77. The van der Waals surface area contributed by atoms with Crippen LogP contribution >= 0.6 is 0 Å². The molecule has 0 radical (unpaired) electrons. The fourth-order valence-electron chi connectivity index (χ4n) is 2.77. The number of benzene rings is 1. The third-order valence-corrected chi connectivity index (χ3v) is 4.02. The van der Waals surface area contributed by atoms with Gasteiger partial charge >= 0.3 is 0 Å². The number of unbranched alkanes of at least 4 members (excludes halogenated alkanes) is 3. The van der Waals surface area contributed by atoms with Gasteiger partial charge in [0, 0.05) is 11.8 Å². The first-order chi connectivity index (χ1) is 9.65. The number of hydrogen-bond acceptors (Lipinski definition) is 2. The lowest BCUT2D eigenvalue weighted by atomic mass is 9.89. The highest BCUT2D eigenvalue weighted by Gasteiger charge is 2.15. The van der Waals surface area contributed by atoms with Crippen molar-refractivity contribution < 1.29 is 5.11 Å². The summed E-state index contributed by atoms with van der Waals surface area (Å²) in [6.45, 7) is 6.61. The van der Waals surface area contributed by atoms with Crippen molar-refractivity contribution in [1.82, 2.24) is 0 Å². The predicted octanol–water partition coefficient (Wildman–Crippen LogP) is 5.00. The van der Waals surface area contributed by atoms with Crippen LogP contribution in [0.1, 0.15) is 76.0 Å². The van der Waals surface area contributed by atoms with E-state index in [2.05, 4.69) is 20.8 Å². The van der Waals surface area contributed by atoms with Crippen LogP contribution in [-0.4, -0.2) is 5.11 Å². The van der Waals surface area contributed by atoms with Gasteiger partial charge < -0.3 is 10.8 Å². The first-order valence-corrected chi connectivity index (χ1v) is 8.27. The normalized spacial score (nSPS) is 10.9. The molecule has 1 aromatic carbocycles. The van der Waals surface area contributed by atoms with Gasteiger partial charge in [0.2, 0.25) is 0 Å². The lowest BCUT2D eigenvalue weighted by Gasteiger charge is -2.19. The van der Waals surface area contributed by atoms with Gasteiger partial charge in [-0.3, -0.25) is 0 Å². The number of phenols is 1. The van der Waals surface area contributed by atoms with Gasteiger partial charge in [-0.1, -0.05) is 40.0 Å². The molecule has 0 bridgehead atoms. The van der Waals surface area contributed by atoms with Crippen molar-refractivity contribution in [1.29, 1.82) is 0 Å². The summed E-state index contributed by atoms with van der Waals surface area (Å²) in [7, 11) is 0. The van der Waals surface area contributed by atoms with Crippen LogP contribution in [0.4, 0.5) is 5.69 Å². The molecule has 1 aromatic rings.